The Labute approximate surface area is 140 Å². The number of carbonyl (C=O) groups is 1. The number of nitrogens with zero attached hydrogens (tertiary/aromatic N) is 2. The molecule has 1 fully saturated rings. The van der Waals surface area contributed by atoms with Gasteiger partial charge in [-0.25, -0.2) is 14.8 Å². The van der Waals surface area contributed by atoms with Gasteiger partial charge in [-0.3, -0.25) is 0 Å². The number of carbonyl (C=O) groups excluding carboxylic acids is 1. The van der Waals surface area contributed by atoms with Gasteiger partial charge in [-0.2, -0.15) is 0 Å². The van der Waals surface area contributed by atoms with E-state index in [0.717, 1.165) is 36.8 Å². The lowest BCUT2D eigenvalue weighted by Crippen LogP contribution is -2.46. The van der Waals surface area contributed by atoms with Gasteiger partial charge in [-0.1, -0.05) is 25.0 Å². The van der Waals surface area contributed by atoms with E-state index in [2.05, 4.69) is 20.6 Å². The van der Waals surface area contributed by atoms with Crippen LogP contribution in [0.1, 0.15) is 25.7 Å². The van der Waals surface area contributed by atoms with Gasteiger partial charge in [-0.05, 0) is 30.5 Å². The molecule has 7 heteroatoms. The summed E-state index contributed by atoms with van der Waals surface area (Å²) in [6.45, 7) is 0. The van der Waals surface area contributed by atoms with E-state index in [0.29, 0.717) is 5.69 Å². The van der Waals surface area contributed by atoms with Gasteiger partial charge in [0.2, 0.25) is 5.95 Å². The van der Waals surface area contributed by atoms with Crippen molar-refractivity contribution in [3.63, 3.8) is 0 Å². The normalized spacial score (nSPS) is 20.4. The Morgan fingerprint density at radius 1 is 1.17 bits per heavy atom. The highest BCUT2D eigenvalue weighted by molar-refractivity contribution is 5.90. The molecule has 0 spiro atoms. The minimum Gasteiger partial charge on any atom is -0.391 e. The molecule has 2 aromatic rings. The van der Waals surface area contributed by atoms with Gasteiger partial charge in [0, 0.05) is 23.6 Å². The number of hydrogen-bond acceptors (Lipinski definition) is 5. The topological polar surface area (TPSA) is 113 Å². The molecule has 0 bridgehead atoms. The molecular formula is C17H21N5O2. The number of anilines is 2. The van der Waals surface area contributed by atoms with Crippen LogP contribution in [0.25, 0.3) is 11.1 Å². The quantitative estimate of drug-likeness (QED) is 0.690. The SMILES string of the molecule is Nc1ncc(-c2cccc(NC(=O)NC3CCCC[C@H]3O)c2)cn1. The Balaban J connectivity index is 1.65. The van der Waals surface area contributed by atoms with E-state index >= 15 is 0 Å². The zero-order valence-corrected chi connectivity index (χ0v) is 13.3. The van der Waals surface area contributed by atoms with Crippen LogP contribution in [0.15, 0.2) is 36.7 Å². The summed E-state index contributed by atoms with van der Waals surface area (Å²) < 4.78 is 0. The molecule has 2 amide bonds. The third-order valence-electron chi connectivity index (χ3n) is 4.17. The molecule has 1 aromatic heterocycles. The van der Waals surface area contributed by atoms with Gasteiger partial charge in [0.25, 0.3) is 0 Å². The first-order valence-electron chi connectivity index (χ1n) is 8.05. The molecule has 126 valence electrons. The number of aliphatic hydroxyl groups is 1. The Kier molecular flexibility index (Phi) is 4.90. The maximum absolute atomic E-state index is 12.1. The molecular weight excluding hydrogens is 306 g/mol. The maximum Gasteiger partial charge on any atom is 0.319 e. The molecule has 1 aromatic carbocycles. The second-order valence-corrected chi connectivity index (χ2v) is 5.97. The van der Waals surface area contributed by atoms with Crippen molar-refractivity contribution < 1.29 is 9.90 Å². The second kappa shape index (κ2) is 7.27. The number of urea groups is 1. The van der Waals surface area contributed by atoms with E-state index in [1.165, 1.54) is 0 Å². The van der Waals surface area contributed by atoms with Gasteiger partial charge < -0.3 is 21.5 Å². The monoisotopic (exact) mass is 327 g/mol. The fourth-order valence-corrected chi connectivity index (χ4v) is 2.88. The predicted molar refractivity (Wildman–Crippen MR) is 92.3 cm³/mol. The third-order valence-corrected chi connectivity index (χ3v) is 4.17. The number of hydrogen-bond donors (Lipinski definition) is 4. The molecule has 0 radical (unpaired) electrons. The first-order chi connectivity index (χ1) is 11.6. The summed E-state index contributed by atoms with van der Waals surface area (Å²) in [5.74, 6) is 0.221. The number of nitrogen functional groups attached to an aromatic ring is 1. The third kappa shape index (κ3) is 3.99. The predicted octanol–water partition coefficient (Wildman–Crippen LogP) is 2.15. The van der Waals surface area contributed by atoms with Crippen LogP contribution in [0.3, 0.4) is 0 Å². The number of aromatic nitrogens is 2. The van der Waals surface area contributed by atoms with Gasteiger partial charge in [0.15, 0.2) is 0 Å². The fourth-order valence-electron chi connectivity index (χ4n) is 2.88. The molecule has 1 saturated carbocycles. The highest BCUT2D eigenvalue weighted by atomic mass is 16.3. The van der Waals surface area contributed by atoms with Crippen molar-refractivity contribution in [3.8, 4) is 11.1 Å². The smallest absolute Gasteiger partial charge is 0.319 e. The highest BCUT2D eigenvalue weighted by Crippen LogP contribution is 2.22. The summed E-state index contributed by atoms with van der Waals surface area (Å²) in [7, 11) is 0. The van der Waals surface area contributed by atoms with E-state index in [9.17, 15) is 9.90 Å². The van der Waals surface area contributed by atoms with Gasteiger partial charge >= 0.3 is 6.03 Å². The van der Waals surface area contributed by atoms with Crippen LogP contribution in [0.4, 0.5) is 16.4 Å². The van der Waals surface area contributed by atoms with Crippen LogP contribution in [0.2, 0.25) is 0 Å². The number of nitrogens with two attached hydrogens (primary N) is 1. The number of aliphatic hydroxyl groups excluding tert-OH is 1. The van der Waals surface area contributed by atoms with Crippen molar-refractivity contribution in [2.75, 3.05) is 11.1 Å². The molecule has 1 unspecified atom stereocenters. The number of rotatable bonds is 3. The molecule has 7 nitrogen and oxygen atoms in total. The minimum absolute atomic E-state index is 0.188. The molecule has 2 atom stereocenters. The molecule has 1 aliphatic rings. The van der Waals surface area contributed by atoms with E-state index in [1.807, 2.05) is 18.2 Å². The van der Waals surface area contributed by atoms with E-state index in [-0.39, 0.29) is 18.0 Å². The van der Waals surface area contributed by atoms with Crippen molar-refractivity contribution in [2.45, 2.75) is 37.8 Å². The van der Waals surface area contributed by atoms with Crippen molar-refractivity contribution in [3.05, 3.63) is 36.7 Å². The Morgan fingerprint density at radius 3 is 2.67 bits per heavy atom. The Bertz CT molecular complexity index is 704. The van der Waals surface area contributed by atoms with Crippen LogP contribution in [-0.4, -0.2) is 33.3 Å². The van der Waals surface area contributed by atoms with E-state index in [1.54, 1.807) is 18.5 Å². The number of benzene rings is 1. The maximum atomic E-state index is 12.1. The van der Waals surface area contributed by atoms with E-state index in [4.69, 9.17) is 5.73 Å². The Morgan fingerprint density at radius 2 is 1.92 bits per heavy atom. The summed E-state index contributed by atoms with van der Waals surface area (Å²) in [6, 6.07) is 6.89. The zero-order chi connectivity index (χ0) is 16.9. The Hall–Kier alpha value is -2.67. The fraction of sp³-hybridized carbons (Fsp3) is 0.353. The lowest BCUT2D eigenvalue weighted by molar-refractivity contribution is 0.0955. The minimum atomic E-state index is -0.470. The molecule has 0 aliphatic heterocycles. The second-order valence-electron chi connectivity index (χ2n) is 5.97. The van der Waals surface area contributed by atoms with Crippen LogP contribution in [0.5, 0.6) is 0 Å². The summed E-state index contributed by atoms with van der Waals surface area (Å²) in [5, 5.41) is 15.6. The number of amides is 2. The van der Waals surface area contributed by atoms with Gasteiger partial charge in [-0.15, -0.1) is 0 Å². The zero-order valence-electron chi connectivity index (χ0n) is 13.3. The lowest BCUT2D eigenvalue weighted by atomic mass is 9.93. The lowest BCUT2D eigenvalue weighted by Gasteiger charge is -2.28. The van der Waals surface area contributed by atoms with Crippen molar-refractivity contribution in [2.24, 2.45) is 0 Å². The number of nitrogens with one attached hydrogen (secondary N) is 2. The first-order valence-corrected chi connectivity index (χ1v) is 8.05. The molecule has 24 heavy (non-hydrogen) atoms. The highest BCUT2D eigenvalue weighted by Gasteiger charge is 2.24. The van der Waals surface area contributed by atoms with E-state index < -0.39 is 6.10 Å². The summed E-state index contributed by atoms with van der Waals surface area (Å²) in [6.07, 6.45) is 6.37. The van der Waals surface area contributed by atoms with Crippen molar-refractivity contribution >= 4 is 17.7 Å². The standard InChI is InChI=1S/C17H21N5O2/c18-16-19-9-12(10-20-16)11-4-3-5-13(8-11)21-17(24)22-14-6-1-2-7-15(14)23/h3-5,8-10,14-15,23H,1-2,6-7H2,(H2,18,19,20)(H2,21,22,24)/t14?,15-/m1/s1. The van der Waals surface area contributed by atoms with Crippen LogP contribution >= 0.6 is 0 Å². The molecule has 1 aliphatic carbocycles. The van der Waals surface area contributed by atoms with Crippen molar-refractivity contribution in [1.29, 1.82) is 0 Å². The van der Waals surface area contributed by atoms with Crippen LogP contribution < -0.4 is 16.4 Å². The molecule has 1 heterocycles. The average Bonchev–Trinajstić information content (AvgIpc) is 2.58. The van der Waals surface area contributed by atoms with Crippen molar-refractivity contribution in [1.82, 2.24) is 15.3 Å². The summed E-state index contributed by atoms with van der Waals surface area (Å²) in [5.41, 5.74) is 7.85. The van der Waals surface area contributed by atoms with Gasteiger partial charge in [0.05, 0.1) is 12.1 Å². The molecule has 5 N–H and O–H groups in total. The average molecular weight is 327 g/mol. The van der Waals surface area contributed by atoms with Crippen LogP contribution in [0, 0.1) is 0 Å². The largest absolute Gasteiger partial charge is 0.391 e. The van der Waals surface area contributed by atoms with Gasteiger partial charge in [0.1, 0.15) is 0 Å². The molecule has 0 saturated heterocycles. The molecule has 3 rings (SSSR count). The summed E-state index contributed by atoms with van der Waals surface area (Å²) in [4.78, 5) is 20.1. The van der Waals surface area contributed by atoms with Crippen LogP contribution in [-0.2, 0) is 0 Å². The summed E-state index contributed by atoms with van der Waals surface area (Å²) >= 11 is 0. The first kappa shape index (κ1) is 16.2.